The Labute approximate surface area is 180 Å². The Morgan fingerprint density at radius 3 is 2.29 bits per heavy atom. The molecule has 0 bridgehead atoms. The topological polar surface area (TPSA) is 66.0 Å². The zero-order valence-corrected chi connectivity index (χ0v) is 17.0. The average Bonchev–Trinajstić information content (AvgIpc) is 3.11. The van der Waals surface area contributed by atoms with Gasteiger partial charge in [-0.1, -0.05) is 58.5 Å². The van der Waals surface area contributed by atoms with Crippen molar-refractivity contribution in [3.05, 3.63) is 80.0 Å². The Bertz CT molecular complexity index is 1110. The van der Waals surface area contributed by atoms with E-state index in [-0.39, 0.29) is 21.4 Å². The first-order valence-corrected chi connectivity index (χ1v) is 9.33. The molecule has 0 radical (unpaired) electrons. The zero-order chi connectivity index (χ0) is 20.3. The van der Waals surface area contributed by atoms with Crippen LogP contribution in [-0.2, 0) is 4.79 Å². The highest BCUT2D eigenvalue weighted by molar-refractivity contribution is 6.44. The summed E-state index contributed by atoms with van der Waals surface area (Å²) in [6, 6.07) is 15.0. The summed E-state index contributed by atoms with van der Waals surface area (Å²) in [6.45, 7) is 0. The smallest absolute Gasteiger partial charge is 0.266 e. The van der Waals surface area contributed by atoms with Crippen LogP contribution in [0.2, 0.25) is 20.1 Å². The highest BCUT2D eigenvalue weighted by Gasteiger charge is 2.15. The van der Waals surface area contributed by atoms with Crippen LogP contribution in [0.25, 0.3) is 17.4 Å². The van der Waals surface area contributed by atoms with Gasteiger partial charge in [0, 0.05) is 6.08 Å². The van der Waals surface area contributed by atoms with Crippen LogP contribution in [0.1, 0.15) is 5.76 Å². The van der Waals surface area contributed by atoms with Crippen LogP contribution < -0.4 is 5.32 Å². The molecule has 140 valence electrons. The van der Waals surface area contributed by atoms with Crippen molar-refractivity contribution in [2.45, 2.75) is 0 Å². The van der Waals surface area contributed by atoms with E-state index in [4.69, 9.17) is 50.8 Å². The van der Waals surface area contributed by atoms with Crippen LogP contribution in [0.15, 0.2) is 58.5 Å². The molecule has 0 aliphatic heterocycles. The van der Waals surface area contributed by atoms with Gasteiger partial charge < -0.3 is 9.73 Å². The molecular formula is C20H10Cl4N2O2. The molecule has 1 amide bonds. The molecule has 3 rings (SSSR count). The minimum absolute atomic E-state index is 0.179. The maximum absolute atomic E-state index is 12.4. The predicted molar refractivity (Wildman–Crippen MR) is 113 cm³/mol. The quantitative estimate of drug-likeness (QED) is 0.339. The number of benzene rings is 2. The van der Waals surface area contributed by atoms with E-state index in [1.165, 1.54) is 6.08 Å². The van der Waals surface area contributed by atoms with Gasteiger partial charge in [0.15, 0.2) is 0 Å². The van der Waals surface area contributed by atoms with Crippen molar-refractivity contribution in [3.8, 4) is 17.4 Å². The molecular weight excluding hydrogens is 442 g/mol. The van der Waals surface area contributed by atoms with Gasteiger partial charge in [0.05, 0.1) is 31.3 Å². The molecule has 0 saturated heterocycles. The summed E-state index contributed by atoms with van der Waals surface area (Å²) in [5, 5.41) is 13.2. The lowest BCUT2D eigenvalue weighted by molar-refractivity contribution is -0.112. The standard InChI is InChI=1S/C20H10Cl4N2O2/c21-13-3-1-4-14(22)18(13)17-8-7-12(28-17)9-11(10-25)20(27)26-16-6-2-5-15(23)19(16)24/h1-9H,(H,26,27)/b11-9+. The molecule has 0 aliphatic carbocycles. The largest absolute Gasteiger partial charge is 0.457 e. The van der Waals surface area contributed by atoms with Gasteiger partial charge in [0.25, 0.3) is 5.91 Å². The Hall–Kier alpha value is -2.42. The number of carbonyl (C=O) groups excluding carboxylic acids is 1. The van der Waals surface area contributed by atoms with Crippen molar-refractivity contribution in [2.75, 3.05) is 5.32 Å². The molecule has 0 spiro atoms. The van der Waals surface area contributed by atoms with E-state index in [0.29, 0.717) is 27.1 Å². The summed E-state index contributed by atoms with van der Waals surface area (Å²) >= 11 is 24.3. The Morgan fingerprint density at radius 1 is 0.964 bits per heavy atom. The number of hydrogen-bond donors (Lipinski definition) is 1. The zero-order valence-electron chi connectivity index (χ0n) is 14.0. The van der Waals surface area contributed by atoms with Gasteiger partial charge >= 0.3 is 0 Å². The first-order chi connectivity index (χ1) is 13.4. The van der Waals surface area contributed by atoms with Crippen LogP contribution in [-0.4, -0.2) is 5.91 Å². The van der Waals surface area contributed by atoms with Gasteiger partial charge in [-0.2, -0.15) is 5.26 Å². The molecule has 3 aromatic rings. The van der Waals surface area contributed by atoms with Crippen LogP contribution in [0, 0.1) is 11.3 Å². The van der Waals surface area contributed by atoms with E-state index in [1.54, 1.807) is 48.5 Å². The Morgan fingerprint density at radius 2 is 1.61 bits per heavy atom. The second kappa shape index (κ2) is 8.72. The number of halogens is 4. The van der Waals surface area contributed by atoms with Gasteiger partial charge in [-0.15, -0.1) is 0 Å². The fourth-order valence-electron chi connectivity index (χ4n) is 2.38. The number of rotatable bonds is 4. The summed E-state index contributed by atoms with van der Waals surface area (Å²) in [5.74, 6) is 0.0488. The Kier molecular flexibility index (Phi) is 6.33. The predicted octanol–water partition coefficient (Wildman–Crippen LogP) is 7.11. The summed E-state index contributed by atoms with van der Waals surface area (Å²) < 4.78 is 5.68. The second-order valence-corrected chi connectivity index (χ2v) is 7.12. The molecule has 0 aliphatic rings. The highest BCUT2D eigenvalue weighted by Crippen LogP contribution is 2.36. The van der Waals surface area contributed by atoms with Gasteiger partial charge in [-0.25, -0.2) is 0 Å². The SMILES string of the molecule is N#C/C(=C\c1ccc(-c2c(Cl)cccc2Cl)o1)C(=O)Nc1cccc(Cl)c1Cl. The third-order valence-electron chi connectivity index (χ3n) is 3.69. The van der Waals surface area contributed by atoms with E-state index < -0.39 is 5.91 Å². The van der Waals surface area contributed by atoms with Crippen molar-refractivity contribution in [3.63, 3.8) is 0 Å². The third kappa shape index (κ3) is 4.35. The normalized spacial score (nSPS) is 11.2. The van der Waals surface area contributed by atoms with Crippen LogP contribution >= 0.6 is 46.4 Å². The number of furan rings is 1. The molecule has 1 N–H and O–H groups in total. The summed E-state index contributed by atoms with van der Waals surface area (Å²) in [7, 11) is 0. The fourth-order valence-corrected chi connectivity index (χ4v) is 3.31. The number of amides is 1. The highest BCUT2D eigenvalue weighted by atomic mass is 35.5. The van der Waals surface area contributed by atoms with Crippen LogP contribution in [0.3, 0.4) is 0 Å². The van der Waals surface area contributed by atoms with E-state index in [1.807, 2.05) is 6.07 Å². The monoisotopic (exact) mass is 450 g/mol. The minimum atomic E-state index is -0.652. The number of nitriles is 1. The van der Waals surface area contributed by atoms with Crippen molar-refractivity contribution >= 4 is 64.1 Å². The molecule has 0 fully saturated rings. The number of nitrogens with one attached hydrogen (secondary N) is 1. The second-order valence-electron chi connectivity index (χ2n) is 5.52. The van der Waals surface area contributed by atoms with E-state index in [0.717, 1.165) is 0 Å². The Balaban J connectivity index is 1.87. The number of carbonyl (C=O) groups is 1. The number of hydrogen-bond acceptors (Lipinski definition) is 3. The van der Waals surface area contributed by atoms with Crippen LogP contribution in [0.4, 0.5) is 5.69 Å². The summed E-state index contributed by atoms with van der Waals surface area (Å²) in [5.41, 5.74) is 0.643. The van der Waals surface area contributed by atoms with Gasteiger partial charge in [-0.05, 0) is 36.4 Å². The third-order valence-corrected chi connectivity index (χ3v) is 5.14. The maximum Gasteiger partial charge on any atom is 0.266 e. The molecule has 1 heterocycles. The first-order valence-electron chi connectivity index (χ1n) is 7.82. The molecule has 0 unspecified atom stereocenters. The maximum atomic E-state index is 12.4. The molecule has 2 aromatic carbocycles. The summed E-state index contributed by atoms with van der Waals surface area (Å²) in [6.07, 6.45) is 1.31. The van der Waals surface area contributed by atoms with E-state index >= 15 is 0 Å². The van der Waals surface area contributed by atoms with Gasteiger partial charge in [0.1, 0.15) is 23.2 Å². The van der Waals surface area contributed by atoms with Gasteiger partial charge in [0.2, 0.25) is 0 Å². The van der Waals surface area contributed by atoms with Crippen molar-refractivity contribution in [1.29, 1.82) is 5.26 Å². The molecule has 0 atom stereocenters. The lowest BCUT2D eigenvalue weighted by Crippen LogP contribution is -2.13. The average molecular weight is 452 g/mol. The molecule has 0 saturated carbocycles. The van der Waals surface area contributed by atoms with Gasteiger partial charge in [-0.3, -0.25) is 4.79 Å². The lowest BCUT2D eigenvalue weighted by Gasteiger charge is -2.07. The molecule has 4 nitrogen and oxygen atoms in total. The summed E-state index contributed by atoms with van der Waals surface area (Å²) in [4.78, 5) is 12.4. The molecule has 28 heavy (non-hydrogen) atoms. The first kappa shape index (κ1) is 20.3. The molecule has 8 heteroatoms. The van der Waals surface area contributed by atoms with Crippen molar-refractivity contribution < 1.29 is 9.21 Å². The van der Waals surface area contributed by atoms with Crippen molar-refractivity contribution in [2.24, 2.45) is 0 Å². The van der Waals surface area contributed by atoms with Crippen LogP contribution in [0.5, 0.6) is 0 Å². The van der Waals surface area contributed by atoms with E-state index in [9.17, 15) is 10.1 Å². The fraction of sp³-hybridized carbons (Fsp3) is 0. The minimum Gasteiger partial charge on any atom is -0.457 e. The lowest BCUT2D eigenvalue weighted by atomic mass is 10.2. The number of anilines is 1. The van der Waals surface area contributed by atoms with Crippen molar-refractivity contribution in [1.82, 2.24) is 0 Å². The number of nitrogens with zero attached hydrogens (tertiary/aromatic N) is 1. The molecule has 1 aromatic heterocycles. The van der Waals surface area contributed by atoms with E-state index in [2.05, 4.69) is 5.32 Å².